The lowest BCUT2D eigenvalue weighted by atomic mass is 10.1. The standard InChI is InChI=1S/C32H18N4/c1-33-21-18-19-28-24(20-21)22-10-3-6-13-26(22)35(28)30-16-9-17-31-32(30)23-11-4-7-14-27(23)36(31)29-15-8-5-12-25(29)34-2/h3-20H. The highest BCUT2D eigenvalue weighted by molar-refractivity contribution is 6.16. The van der Waals surface area contributed by atoms with Crippen LogP contribution in [0.2, 0.25) is 0 Å². The number of hydrogen-bond acceptors (Lipinski definition) is 0. The molecule has 4 heteroatoms. The monoisotopic (exact) mass is 458 g/mol. The van der Waals surface area contributed by atoms with Gasteiger partial charge in [-0.15, -0.1) is 0 Å². The molecule has 2 heterocycles. The third-order valence-electron chi connectivity index (χ3n) is 6.94. The van der Waals surface area contributed by atoms with Gasteiger partial charge >= 0.3 is 0 Å². The molecule has 7 aromatic rings. The van der Waals surface area contributed by atoms with Crippen LogP contribution in [0.5, 0.6) is 0 Å². The zero-order chi connectivity index (χ0) is 24.2. The third-order valence-corrected chi connectivity index (χ3v) is 6.94. The number of para-hydroxylation sites is 4. The first-order chi connectivity index (χ1) is 17.8. The number of rotatable bonds is 2. The summed E-state index contributed by atoms with van der Waals surface area (Å²) >= 11 is 0. The number of nitrogens with zero attached hydrogens (tertiary/aromatic N) is 4. The Kier molecular flexibility index (Phi) is 4.24. The average molecular weight is 459 g/mol. The highest BCUT2D eigenvalue weighted by atomic mass is 15.0. The molecular formula is C32H18N4. The third kappa shape index (κ3) is 2.67. The number of fused-ring (bicyclic) bond motifs is 6. The van der Waals surface area contributed by atoms with Gasteiger partial charge in [0.05, 0.1) is 46.6 Å². The van der Waals surface area contributed by atoms with Gasteiger partial charge in [0.2, 0.25) is 5.69 Å². The molecule has 166 valence electrons. The fourth-order valence-electron chi connectivity index (χ4n) is 5.48. The molecule has 7 rings (SSSR count). The quantitative estimate of drug-likeness (QED) is 0.230. The Morgan fingerprint density at radius 2 is 1.08 bits per heavy atom. The molecule has 4 nitrogen and oxygen atoms in total. The molecule has 0 unspecified atom stereocenters. The summed E-state index contributed by atoms with van der Waals surface area (Å²) in [7, 11) is 0. The maximum absolute atomic E-state index is 7.76. The summed E-state index contributed by atoms with van der Waals surface area (Å²) in [6.07, 6.45) is 0. The van der Waals surface area contributed by atoms with Crippen molar-refractivity contribution < 1.29 is 0 Å². The van der Waals surface area contributed by atoms with Gasteiger partial charge in [-0.25, -0.2) is 9.69 Å². The number of hydrogen-bond donors (Lipinski definition) is 0. The predicted octanol–water partition coefficient (Wildman–Crippen LogP) is 8.98. The molecule has 0 fully saturated rings. The minimum atomic E-state index is 0.620. The van der Waals surface area contributed by atoms with E-state index < -0.39 is 0 Å². The van der Waals surface area contributed by atoms with E-state index in [0.717, 1.165) is 55.0 Å². The van der Waals surface area contributed by atoms with Gasteiger partial charge in [-0.3, -0.25) is 0 Å². The Morgan fingerprint density at radius 1 is 0.472 bits per heavy atom. The molecule has 0 radical (unpaired) electrons. The summed E-state index contributed by atoms with van der Waals surface area (Å²) < 4.78 is 4.50. The molecule has 0 N–H and O–H groups in total. The average Bonchev–Trinajstić information content (AvgIpc) is 3.45. The van der Waals surface area contributed by atoms with Crippen molar-refractivity contribution in [2.75, 3.05) is 0 Å². The molecule has 0 spiro atoms. The second-order valence-electron chi connectivity index (χ2n) is 8.79. The van der Waals surface area contributed by atoms with Crippen LogP contribution in [0, 0.1) is 13.1 Å². The molecule has 0 saturated heterocycles. The molecule has 0 aliphatic carbocycles. The highest BCUT2D eigenvalue weighted by Gasteiger charge is 2.20. The van der Waals surface area contributed by atoms with Gasteiger partial charge in [0, 0.05) is 16.2 Å². The molecular weight excluding hydrogens is 440 g/mol. The van der Waals surface area contributed by atoms with Crippen LogP contribution in [0.25, 0.3) is 64.7 Å². The number of aromatic nitrogens is 2. The van der Waals surface area contributed by atoms with E-state index in [2.05, 4.69) is 79.5 Å². The molecule has 5 aromatic carbocycles. The van der Waals surface area contributed by atoms with Crippen LogP contribution in [0.1, 0.15) is 0 Å². The van der Waals surface area contributed by atoms with Crippen molar-refractivity contribution in [3.05, 3.63) is 132 Å². The first-order valence-corrected chi connectivity index (χ1v) is 11.7. The van der Waals surface area contributed by atoms with E-state index in [9.17, 15) is 0 Å². The minimum Gasteiger partial charge on any atom is -0.319 e. The Balaban J connectivity index is 1.68. The van der Waals surface area contributed by atoms with Crippen molar-refractivity contribution >= 4 is 55.0 Å². The molecule has 0 aliphatic rings. The normalized spacial score (nSPS) is 11.3. The Bertz CT molecular complexity index is 2080. The zero-order valence-corrected chi connectivity index (χ0v) is 19.2. The lowest BCUT2D eigenvalue weighted by Gasteiger charge is -2.12. The van der Waals surface area contributed by atoms with Crippen LogP contribution in [0.4, 0.5) is 11.4 Å². The van der Waals surface area contributed by atoms with Gasteiger partial charge < -0.3 is 9.13 Å². The van der Waals surface area contributed by atoms with Crippen LogP contribution >= 0.6 is 0 Å². The van der Waals surface area contributed by atoms with Gasteiger partial charge in [0.1, 0.15) is 0 Å². The van der Waals surface area contributed by atoms with Crippen LogP contribution in [0.3, 0.4) is 0 Å². The second-order valence-corrected chi connectivity index (χ2v) is 8.79. The van der Waals surface area contributed by atoms with Crippen molar-refractivity contribution in [1.82, 2.24) is 9.13 Å². The first-order valence-electron chi connectivity index (χ1n) is 11.7. The van der Waals surface area contributed by atoms with Gasteiger partial charge in [0.25, 0.3) is 0 Å². The molecule has 0 aliphatic heterocycles. The Hall–Kier alpha value is -5.32. The summed E-state index contributed by atoms with van der Waals surface area (Å²) in [5.74, 6) is 0. The van der Waals surface area contributed by atoms with Gasteiger partial charge in [-0.1, -0.05) is 66.7 Å². The molecule has 0 atom stereocenters. The summed E-state index contributed by atoms with van der Waals surface area (Å²) in [4.78, 5) is 7.48. The molecule has 0 amide bonds. The smallest absolute Gasteiger partial charge is 0.210 e. The van der Waals surface area contributed by atoms with E-state index >= 15 is 0 Å². The predicted molar refractivity (Wildman–Crippen MR) is 148 cm³/mol. The largest absolute Gasteiger partial charge is 0.319 e. The van der Waals surface area contributed by atoms with Crippen LogP contribution in [-0.4, -0.2) is 9.13 Å². The van der Waals surface area contributed by atoms with Crippen molar-refractivity contribution in [1.29, 1.82) is 0 Å². The summed E-state index contributed by atoms with van der Waals surface area (Å²) in [5.41, 5.74) is 7.48. The van der Waals surface area contributed by atoms with Gasteiger partial charge in [-0.05, 0) is 47.9 Å². The SMILES string of the molecule is [C-]#[N+]c1ccc2c(c1)c1ccccc1n2-c1cccc2c1c1ccccc1n2-c1ccccc1[N+]#[C-]. The highest BCUT2D eigenvalue weighted by Crippen LogP contribution is 2.41. The lowest BCUT2D eigenvalue weighted by Crippen LogP contribution is -1.96. The first kappa shape index (κ1) is 20.1. The Morgan fingerprint density at radius 3 is 1.89 bits per heavy atom. The Labute approximate surface area is 207 Å². The fourth-order valence-corrected chi connectivity index (χ4v) is 5.48. The topological polar surface area (TPSA) is 18.6 Å². The second kappa shape index (κ2) is 7.60. The maximum Gasteiger partial charge on any atom is 0.210 e. The summed E-state index contributed by atoms with van der Waals surface area (Å²) in [5, 5.41) is 4.45. The minimum absolute atomic E-state index is 0.620. The van der Waals surface area contributed by atoms with Gasteiger partial charge in [-0.2, -0.15) is 0 Å². The van der Waals surface area contributed by atoms with E-state index in [1.807, 2.05) is 48.5 Å². The molecule has 36 heavy (non-hydrogen) atoms. The molecule has 0 bridgehead atoms. The van der Waals surface area contributed by atoms with Crippen LogP contribution < -0.4 is 0 Å². The molecule has 0 saturated carbocycles. The van der Waals surface area contributed by atoms with E-state index in [1.165, 1.54) is 0 Å². The van der Waals surface area contributed by atoms with Gasteiger partial charge in [0.15, 0.2) is 5.69 Å². The van der Waals surface area contributed by atoms with Crippen molar-refractivity contribution in [2.24, 2.45) is 0 Å². The number of benzene rings is 5. The van der Waals surface area contributed by atoms with Crippen LogP contribution in [-0.2, 0) is 0 Å². The maximum atomic E-state index is 7.76. The van der Waals surface area contributed by atoms with Crippen molar-refractivity contribution in [3.8, 4) is 11.4 Å². The summed E-state index contributed by atoms with van der Waals surface area (Å²) in [6.45, 7) is 15.3. The van der Waals surface area contributed by atoms with Crippen molar-refractivity contribution in [2.45, 2.75) is 0 Å². The summed E-state index contributed by atoms with van der Waals surface area (Å²) in [6, 6.07) is 36.8. The fraction of sp³-hybridized carbons (Fsp3) is 0. The molecule has 2 aromatic heterocycles. The van der Waals surface area contributed by atoms with E-state index in [-0.39, 0.29) is 0 Å². The zero-order valence-electron chi connectivity index (χ0n) is 19.2. The van der Waals surface area contributed by atoms with Crippen LogP contribution in [0.15, 0.2) is 109 Å². The van der Waals surface area contributed by atoms with E-state index in [4.69, 9.17) is 13.1 Å². The lowest BCUT2D eigenvalue weighted by molar-refractivity contribution is 1.17. The van der Waals surface area contributed by atoms with Crippen molar-refractivity contribution in [3.63, 3.8) is 0 Å². The van der Waals surface area contributed by atoms with E-state index in [1.54, 1.807) is 0 Å². The van der Waals surface area contributed by atoms with E-state index in [0.29, 0.717) is 11.4 Å².